The third-order valence-corrected chi connectivity index (χ3v) is 2.19. The van der Waals surface area contributed by atoms with Crippen molar-refractivity contribution >= 4 is 22.8 Å². The molecule has 0 aromatic carbocycles. The minimum atomic E-state index is 0. The summed E-state index contributed by atoms with van der Waals surface area (Å²) in [4.78, 5) is 3.78. The van der Waals surface area contributed by atoms with Crippen molar-refractivity contribution in [3.8, 4) is 0 Å². The first-order valence-electron chi connectivity index (χ1n) is 6.01. The van der Waals surface area contributed by atoms with Gasteiger partial charge in [0.05, 0.1) is 22.8 Å². The molecule has 12 heteroatoms. The molecular weight excluding hydrogens is 464 g/mol. The second-order valence-corrected chi connectivity index (χ2v) is 3.75. The van der Waals surface area contributed by atoms with Crippen LogP contribution in [0.1, 0.15) is 27.7 Å². The van der Waals surface area contributed by atoms with E-state index in [2.05, 4.69) is 25.6 Å². The molecule has 0 aliphatic rings. The van der Waals surface area contributed by atoms with Crippen molar-refractivity contribution in [3.05, 3.63) is 41.0 Å². The zero-order chi connectivity index (χ0) is 17.4. The number of rotatable bonds is 2. The second kappa shape index (κ2) is 24.5. The summed E-state index contributed by atoms with van der Waals surface area (Å²) in [7, 11) is 0. The monoisotopic (exact) mass is 482 g/mol. The van der Waals surface area contributed by atoms with E-state index in [-0.39, 0.29) is 67.1 Å². The zero-order valence-electron chi connectivity index (χ0n) is 13.9. The van der Waals surface area contributed by atoms with Crippen molar-refractivity contribution in [2.45, 2.75) is 27.7 Å². The number of aromatic nitrogens is 1. The molecule has 0 radical (unpaired) electrons. The maximum Gasteiger partial charge on any atom is 3.00 e. The van der Waals surface area contributed by atoms with Gasteiger partial charge in [0.15, 0.2) is 0 Å². The largest absolute Gasteiger partial charge is 3.00 e. The van der Waals surface area contributed by atoms with Crippen molar-refractivity contribution in [1.82, 2.24) is 4.98 Å². The molecule has 25 heavy (non-hydrogen) atoms. The first-order valence-corrected chi connectivity index (χ1v) is 6.01. The van der Waals surface area contributed by atoms with Crippen LogP contribution in [-0.2, 0) is 19.5 Å². The Morgan fingerprint density at radius 2 is 1.04 bits per heavy atom. The fourth-order valence-corrected chi connectivity index (χ4v) is 0.589. The molecule has 0 aliphatic heterocycles. The molecule has 0 aliphatic carbocycles. The van der Waals surface area contributed by atoms with E-state index in [4.69, 9.17) is 10.4 Å². The molecule has 1 aromatic heterocycles. The third kappa shape index (κ3) is 22.2. The molecular formula is C13H19Cl2N5O4Rh-. The third-order valence-electron chi connectivity index (χ3n) is 2.19. The van der Waals surface area contributed by atoms with Crippen molar-refractivity contribution in [2.75, 3.05) is 0 Å². The van der Waals surface area contributed by atoms with Gasteiger partial charge in [-0.2, -0.15) is 0 Å². The van der Waals surface area contributed by atoms with Crippen LogP contribution < -0.4 is 24.8 Å². The van der Waals surface area contributed by atoms with Gasteiger partial charge in [-0.15, -0.1) is 0 Å². The van der Waals surface area contributed by atoms with E-state index >= 15 is 0 Å². The van der Waals surface area contributed by atoms with E-state index in [9.17, 15) is 10.4 Å². The van der Waals surface area contributed by atoms with Gasteiger partial charge < -0.3 is 56.0 Å². The van der Waals surface area contributed by atoms with Gasteiger partial charge in [-0.3, -0.25) is 4.98 Å². The molecule has 0 bridgehead atoms. The van der Waals surface area contributed by atoms with E-state index in [1.54, 1.807) is 12.4 Å². The fraction of sp³-hybridized carbons (Fsp3) is 0.308. The molecule has 0 amide bonds. The van der Waals surface area contributed by atoms with E-state index in [0.717, 1.165) is 0 Å². The summed E-state index contributed by atoms with van der Waals surface area (Å²) in [5.74, 6) is 0. The van der Waals surface area contributed by atoms with E-state index in [1.165, 1.54) is 27.7 Å². The van der Waals surface area contributed by atoms with Crippen LogP contribution in [0.3, 0.4) is 0 Å². The summed E-state index contributed by atoms with van der Waals surface area (Å²) in [5.41, 5.74) is 0.903. The molecule has 9 nitrogen and oxygen atoms in total. The predicted octanol–water partition coefficient (Wildman–Crippen LogP) is -3.32. The molecule has 0 saturated carbocycles. The van der Waals surface area contributed by atoms with Crippen molar-refractivity contribution in [1.29, 1.82) is 0 Å². The van der Waals surface area contributed by atoms with Crippen LogP contribution in [0.4, 0.5) is 0 Å². The van der Waals surface area contributed by atoms with Gasteiger partial charge in [-0.05, 0) is 39.8 Å². The van der Waals surface area contributed by atoms with Crippen LogP contribution in [0.2, 0.25) is 0 Å². The fourth-order valence-electron chi connectivity index (χ4n) is 0.589. The molecule has 0 saturated heterocycles. The maximum atomic E-state index is 9.63. The molecule has 0 unspecified atom stereocenters. The van der Waals surface area contributed by atoms with Gasteiger partial charge in [-0.25, -0.2) is 0 Å². The molecule has 1 aromatic rings. The summed E-state index contributed by atoms with van der Waals surface area (Å²) >= 11 is 0. The Morgan fingerprint density at radius 3 is 1.12 bits per heavy atom. The molecule has 144 valence electrons. The van der Waals surface area contributed by atoms with Crippen molar-refractivity contribution < 1.29 is 54.7 Å². The van der Waals surface area contributed by atoms with Crippen LogP contribution >= 0.6 is 0 Å². The maximum absolute atomic E-state index is 9.63. The normalized spacial score (nSPS) is 11.0. The topological polar surface area (TPSA) is 149 Å². The standard InChI is InChI=1S/C5H5N.2C4H8N2O2.2ClH.Rh/c1-2-4-6-5-3-1;2*1-3(5-7)4(2)6-8;;;/h1-5H;2*7-8H,1-2H3;2*1H;/q;;;;;+3/p-4/b;2*5-3+,6-4+;;;. The molecule has 1 rings (SSSR count). The molecule has 2 N–H and O–H groups in total. The minimum Gasteiger partial charge on any atom is -1.00 e. The minimum absolute atomic E-state index is 0. The van der Waals surface area contributed by atoms with E-state index in [1.807, 2.05) is 18.2 Å². The first-order chi connectivity index (χ1) is 10.4. The van der Waals surface area contributed by atoms with Crippen LogP contribution in [-0.4, -0.2) is 38.2 Å². The average Bonchev–Trinajstić information content (AvgIpc) is 2.61. The van der Waals surface area contributed by atoms with Crippen LogP contribution in [0.25, 0.3) is 0 Å². The Morgan fingerprint density at radius 1 is 0.720 bits per heavy atom. The predicted molar refractivity (Wildman–Crippen MR) is 87.0 cm³/mol. The van der Waals surface area contributed by atoms with Gasteiger partial charge in [0.1, 0.15) is 0 Å². The average molecular weight is 483 g/mol. The number of oxime groups is 2. The Hall–Kier alpha value is -1.77. The zero-order valence-corrected chi connectivity index (χ0v) is 17.1. The summed E-state index contributed by atoms with van der Waals surface area (Å²) in [5, 5.41) is 45.8. The summed E-state index contributed by atoms with van der Waals surface area (Å²) in [6, 6.07) is 5.72. The van der Waals surface area contributed by atoms with Crippen molar-refractivity contribution in [3.63, 3.8) is 0 Å². The molecule has 0 atom stereocenters. The summed E-state index contributed by atoms with van der Waals surface area (Å²) in [6.07, 6.45) is 3.50. The van der Waals surface area contributed by atoms with Crippen LogP contribution in [0.5, 0.6) is 0 Å². The number of pyridine rings is 1. The van der Waals surface area contributed by atoms with Crippen LogP contribution in [0.15, 0.2) is 51.2 Å². The van der Waals surface area contributed by atoms with Crippen LogP contribution in [0, 0.1) is 10.4 Å². The summed E-state index contributed by atoms with van der Waals surface area (Å²) < 4.78 is 0. The smallest absolute Gasteiger partial charge is 1.00 e. The first kappa shape index (κ1) is 34.5. The molecule has 1 heterocycles. The van der Waals surface area contributed by atoms with Gasteiger partial charge in [0, 0.05) is 12.4 Å². The quantitative estimate of drug-likeness (QED) is 0.196. The summed E-state index contributed by atoms with van der Waals surface area (Å²) in [6.45, 7) is 5.94. The Labute approximate surface area is 171 Å². The second-order valence-electron chi connectivity index (χ2n) is 3.75. The SMILES string of the molecule is CC(=N\[O-])/C(C)=N/O.CC(=N\[O-])/C(C)=N/O.[Cl-].[Cl-].[Rh+3].c1ccncc1. The van der Waals surface area contributed by atoms with Gasteiger partial charge in [-0.1, -0.05) is 16.4 Å². The van der Waals surface area contributed by atoms with E-state index < -0.39 is 0 Å². The van der Waals surface area contributed by atoms with Gasteiger partial charge >= 0.3 is 19.5 Å². The molecule has 0 fully saturated rings. The number of hydrogen-bond donors (Lipinski definition) is 2. The Kier molecular flexibility index (Phi) is 33.8. The number of nitrogens with zero attached hydrogens (tertiary/aromatic N) is 5. The Bertz CT molecular complexity index is 438. The van der Waals surface area contributed by atoms with E-state index in [0.29, 0.717) is 0 Å². The molecule has 0 spiro atoms. The Balaban J connectivity index is -0.0000000760. The number of hydrogen-bond acceptors (Lipinski definition) is 9. The van der Waals surface area contributed by atoms with Gasteiger partial charge in [0.25, 0.3) is 0 Å². The number of halogens is 2. The van der Waals surface area contributed by atoms with Gasteiger partial charge in [0.2, 0.25) is 0 Å². The van der Waals surface area contributed by atoms with Crippen molar-refractivity contribution in [2.24, 2.45) is 20.6 Å².